The summed E-state index contributed by atoms with van der Waals surface area (Å²) in [6.45, 7) is 1.54. The summed E-state index contributed by atoms with van der Waals surface area (Å²) in [6.07, 6.45) is 1.89. The van der Waals surface area contributed by atoms with Gasteiger partial charge in [0.2, 0.25) is 0 Å². The van der Waals surface area contributed by atoms with Crippen molar-refractivity contribution in [2.45, 2.75) is 12.8 Å². The van der Waals surface area contributed by atoms with Gasteiger partial charge in [0.1, 0.15) is 6.73 Å². The molecule has 0 aromatic rings. The lowest BCUT2D eigenvalue weighted by Crippen LogP contribution is -2.31. The maximum atomic E-state index is 10.1. The molecule has 0 rings (SSSR count). The van der Waals surface area contributed by atoms with E-state index < -0.39 is 6.03 Å². The van der Waals surface area contributed by atoms with Crippen LogP contribution in [0.15, 0.2) is 0 Å². The summed E-state index contributed by atoms with van der Waals surface area (Å²) in [4.78, 5) is 10.1. The largest absolute Gasteiger partial charge is 0.385 e. The van der Waals surface area contributed by atoms with Crippen LogP contribution in [-0.4, -0.2) is 33.1 Å². The highest BCUT2D eigenvalue weighted by Crippen LogP contribution is 1.89. The third kappa shape index (κ3) is 9.19. The van der Waals surface area contributed by atoms with Crippen LogP contribution in [-0.2, 0) is 9.47 Å². The van der Waals surface area contributed by atoms with Crippen LogP contribution >= 0.6 is 0 Å². The van der Waals surface area contributed by atoms with Crippen LogP contribution < -0.4 is 11.1 Å². The van der Waals surface area contributed by atoms with Crippen molar-refractivity contribution in [3.8, 4) is 0 Å². The fourth-order valence-corrected chi connectivity index (χ4v) is 0.645. The second-order valence-electron chi connectivity index (χ2n) is 2.29. The SMILES string of the molecule is COCCCCOCNC(N)=O. The van der Waals surface area contributed by atoms with Gasteiger partial charge in [0.25, 0.3) is 0 Å². The number of hydrogen-bond donors (Lipinski definition) is 2. The van der Waals surface area contributed by atoms with E-state index in [9.17, 15) is 4.79 Å². The van der Waals surface area contributed by atoms with E-state index in [0.29, 0.717) is 6.61 Å². The summed E-state index contributed by atoms with van der Waals surface area (Å²) < 4.78 is 9.86. The van der Waals surface area contributed by atoms with Crippen LogP contribution in [0.2, 0.25) is 0 Å². The highest BCUT2D eigenvalue weighted by Gasteiger charge is 1.90. The van der Waals surface area contributed by atoms with Gasteiger partial charge in [0, 0.05) is 20.3 Å². The number of amides is 2. The van der Waals surface area contributed by atoms with Crippen LogP contribution in [0.1, 0.15) is 12.8 Å². The third-order valence-electron chi connectivity index (χ3n) is 1.24. The molecule has 0 aliphatic rings. The molecule has 0 saturated carbocycles. The van der Waals surface area contributed by atoms with E-state index in [2.05, 4.69) is 5.32 Å². The monoisotopic (exact) mass is 176 g/mol. The van der Waals surface area contributed by atoms with Gasteiger partial charge in [-0.25, -0.2) is 4.79 Å². The van der Waals surface area contributed by atoms with E-state index in [1.54, 1.807) is 7.11 Å². The quantitative estimate of drug-likeness (QED) is 0.425. The Labute approximate surface area is 72.2 Å². The standard InChI is InChI=1S/C7H16N2O3/c1-11-4-2-3-5-12-6-9-7(8)10/h2-6H2,1H3,(H3,8,9,10). The second kappa shape index (κ2) is 8.29. The average molecular weight is 176 g/mol. The highest BCUT2D eigenvalue weighted by molar-refractivity contribution is 5.71. The van der Waals surface area contributed by atoms with Gasteiger partial charge in [-0.15, -0.1) is 0 Å². The summed E-state index contributed by atoms with van der Waals surface area (Å²) in [5.74, 6) is 0. The number of hydrogen-bond acceptors (Lipinski definition) is 3. The molecule has 0 aliphatic heterocycles. The molecule has 0 spiro atoms. The van der Waals surface area contributed by atoms with Gasteiger partial charge in [0.15, 0.2) is 0 Å². The molecule has 12 heavy (non-hydrogen) atoms. The van der Waals surface area contributed by atoms with E-state index in [1.807, 2.05) is 0 Å². The highest BCUT2D eigenvalue weighted by atomic mass is 16.5. The number of methoxy groups -OCH3 is 1. The van der Waals surface area contributed by atoms with Crippen molar-refractivity contribution in [2.24, 2.45) is 5.73 Å². The molecular formula is C7H16N2O3. The van der Waals surface area contributed by atoms with Crippen molar-refractivity contribution in [1.82, 2.24) is 5.32 Å². The number of carbonyl (C=O) groups excluding carboxylic acids is 1. The Morgan fingerprint density at radius 3 is 2.67 bits per heavy atom. The first-order valence-electron chi connectivity index (χ1n) is 3.87. The third-order valence-corrected chi connectivity index (χ3v) is 1.24. The van der Waals surface area contributed by atoms with Crippen LogP contribution in [0.5, 0.6) is 0 Å². The van der Waals surface area contributed by atoms with E-state index in [4.69, 9.17) is 15.2 Å². The van der Waals surface area contributed by atoms with Gasteiger partial charge < -0.3 is 20.5 Å². The summed E-state index contributed by atoms with van der Waals surface area (Å²) in [7, 11) is 1.66. The van der Waals surface area contributed by atoms with Gasteiger partial charge in [-0.05, 0) is 12.8 Å². The molecule has 0 aliphatic carbocycles. The van der Waals surface area contributed by atoms with Crippen molar-refractivity contribution < 1.29 is 14.3 Å². The number of rotatable bonds is 7. The summed E-state index contributed by atoms with van der Waals surface area (Å²) in [5.41, 5.74) is 4.80. The molecule has 72 valence electrons. The Morgan fingerprint density at radius 1 is 1.42 bits per heavy atom. The molecule has 0 fully saturated rings. The molecule has 0 unspecified atom stereocenters. The molecule has 0 aromatic heterocycles. The number of nitrogens with one attached hydrogen (secondary N) is 1. The zero-order valence-corrected chi connectivity index (χ0v) is 7.34. The topological polar surface area (TPSA) is 73.6 Å². The Bertz CT molecular complexity index is 119. The minimum Gasteiger partial charge on any atom is -0.385 e. The minimum absolute atomic E-state index is 0.183. The van der Waals surface area contributed by atoms with Crippen LogP contribution in [0.3, 0.4) is 0 Å². The second-order valence-corrected chi connectivity index (χ2v) is 2.29. The van der Waals surface area contributed by atoms with E-state index in [-0.39, 0.29) is 6.73 Å². The molecule has 0 bridgehead atoms. The van der Waals surface area contributed by atoms with E-state index in [0.717, 1.165) is 19.4 Å². The van der Waals surface area contributed by atoms with Crippen molar-refractivity contribution in [3.63, 3.8) is 0 Å². The van der Waals surface area contributed by atoms with Gasteiger partial charge in [-0.2, -0.15) is 0 Å². The zero-order chi connectivity index (χ0) is 9.23. The zero-order valence-electron chi connectivity index (χ0n) is 7.34. The first-order valence-corrected chi connectivity index (χ1v) is 3.87. The minimum atomic E-state index is -0.563. The Kier molecular flexibility index (Phi) is 7.73. The number of primary amides is 1. The molecule has 0 heterocycles. The van der Waals surface area contributed by atoms with Crippen molar-refractivity contribution in [2.75, 3.05) is 27.1 Å². The molecule has 5 nitrogen and oxygen atoms in total. The average Bonchev–Trinajstić information content (AvgIpc) is 2.02. The number of ether oxygens (including phenoxy) is 2. The van der Waals surface area contributed by atoms with E-state index >= 15 is 0 Å². The fraction of sp³-hybridized carbons (Fsp3) is 0.857. The molecular weight excluding hydrogens is 160 g/mol. The molecule has 0 radical (unpaired) electrons. The van der Waals surface area contributed by atoms with Gasteiger partial charge in [0.05, 0.1) is 0 Å². The van der Waals surface area contributed by atoms with Gasteiger partial charge in [-0.3, -0.25) is 0 Å². The Balaban J connectivity index is 2.86. The Morgan fingerprint density at radius 2 is 2.08 bits per heavy atom. The molecule has 2 amide bonds. The lowest BCUT2D eigenvalue weighted by atomic mass is 10.3. The van der Waals surface area contributed by atoms with Crippen molar-refractivity contribution in [3.05, 3.63) is 0 Å². The number of nitrogens with two attached hydrogens (primary N) is 1. The normalized spacial score (nSPS) is 9.75. The van der Waals surface area contributed by atoms with Crippen LogP contribution in [0, 0.1) is 0 Å². The fourth-order valence-electron chi connectivity index (χ4n) is 0.645. The van der Waals surface area contributed by atoms with Gasteiger partial charge >= 0.3 is 6.03 Å². The molecule has 3 N–H and O–H groups in total. The lowest BCUT2D eigenvalue weighted by molar-refractivity contribution is 0.109. The van der Waals surface area contributed by atoms with Crippen LogP contribution in [0.4, 0.5) is 4.79 Å². The first kappa shape index (κ1) is 11.2. The first-order chi connectivity index (χ1) is 5.77. The molecule has 5 heteroatoms. The van der Waals surface area contributed by atoms with Gasteiger partial charge in [-0.1, -0.05) is 0 Å². The Hall–Kier alpha value is -0.810. The van der Waals surface area contributed by atoms with Crippen LogP contribution in [0.25, 0.3) is 0 Å². The molecule has 0 saturated heterocycles. The smallest absolute Gasteiger partial charge is 0.313 e. The summed E-state index contributed by atoms with van der Waals surface area (Å²) in [6, 6.07) is -0.563. The maximum Gasteiger partial charge on any atom is 0.313 e. The van der Waals surface area contributed by atoms with Crippen molar-refractivity contribution >= 4 is 6.03 Å². The van der Waals surface area contributed by atoms with E-state index in [1.165, 1.54) is 0 Å². The summed E-state index contributed by atoms with van der Waals surface area (Å²) >= 11 is 0. The maximum absolute atomic E-state index is 10.1. The predicted octanol–water partition coefficient (Wildman–Crippen LogP) is 0.0554. The lowest BCUT2D eigenvalue weighted by Gasteiger charge is -2.03. The van der Waals surface area contributed by atoms with Crippen molar-refractivity contribution in [1.29, 1.82) is 0 Å². The molecule has 0 atom stereocenters. The summed E-state index contributed by atoms with van der Waals surface area (Å²) in [5, 5.41) is 2.32. The molecule has 0 aromatic carbocycles. The predicted molar refractivity (Wildman–Crippen MR) is 44.6 cm³/mol. The number of unbranched alkanes of at least 4 members (excludes halogenated alkanes) is 1. The number of carbonyl (C=O) groups is 1. The number of urea groups is 1.